The van der Waals surface area contributed by atoms with Crippen molar-refractivity contribution in [3.8, 4) is 0 Å². The van der Waals surface area contributed by atoms with E-state index in [1.165, 1.54) is 11.8 Å². The van der Waals surface area contributed by atoms with Gasteiger partial charge in [0.1, 0.15) is 0 Å². The van der Waals surface area contributed by atoms with Crippen molar-refractivity contribution in [2.75, 3.05) is 0 Å². The van der Waals surface area contributed by atoms with Crippen LogP contribution in [0.5, 0.6) is 0 Å². The third kappa shape index (κ3) is 3.35. The fourth-order valence-electron chi connectivity index (χ4n) is 1.87. The summed E-state index contributed by atoms with van der Waals surface area (Å²) in [5.74, 6) is -0.175. The molecule has 1 aliphatic heterocycles. The zero-order chi connectivity index (χ0) is 15.5. The van der Waals surface area contributed by atoms with E-state index in [1.54, 1.807) is 18.2 Å². The first-order valence-electron chi connectivity index (χ1n) is 6.42. The van der Waals surface area contributed by atoms with Crippen LogP contribution in [0.3, 0.4) is 0 Å². The topological polar surface area (TPSA) is 41.5 Å². The highest BCUT2D eigenvalue weighted by molar-refractivity contribution is 8.18. The first-order chi connectivity index (χ1) is 10.6. The van der Waals surface area contributed by atoms with Gasteiger partial charge in [-0.05, 0) is 35.5 Å². The van der Waals surface area contributed by atoms with E-state index in [1.807, 2.05) is 36.4 Å². The summed E-state index contributed by atoms with van der Waals surface area (Å²) in [5.41, 5.74) is 1.49. The van der Waals surface area contributed by atoms with E-state index in [4.69, 9.17) is 23.2 Å². The van der Waals surface area contributed by atoms with Gasteiger partial charge in [-0.3, -0.25) is 4.79 Å². The van der Waals surface area contributed by atoms with Gasteiger partial charge >= 0.3 is 0 Å². The second-order valence-electron chi connectivity index (χ2n) is 4.47. The Morgan fingerprint density at radius 2 is 1.82 bits per heavy atom. The molecule has 1 heterocycles. The van der Waals surface area contributed by atoms with E-state index in [0.29, 0.717) is 25.8 Å². The molecule has 1 amide bonds. The maximum Gasteiger partial charge on any atom is 0.264 e. The Labute approximate surface area is 142 Å². The average molecular weight is 349 g/mol. The number of thioether (sulfide) groups is 1. The summed E-state index contributed by atoms with van der Waals surface area (Å²) < 4.78 is 0. The molecule has 1 fully saturated rings. The summed E-state index contributed by atoms with van der Waals surface area (Å²) in [7, 11) is 0. The molecule has 0 bridgehead atoms. The molecule has 0 aliphatic carbocycles. The molecule has 1 aliphatic rings. The van der Waals surface area contributed by atoms with E-state index >= 15 is 0 Å². The zero-order valence-electron chi connectivity index (χ0n) is 11.2. The Morgan fingerprint density at radius 3 is 2.59 bits per heavy atom. The first-order valence-corrected chi connectivity index (χ1v) is 7.99. The largest absolute Gasteiger partial charge is 0.300 e. The molecule has 0 aromatic heterocycles. The van der Waals surface area contributed by atoms with Crippen molar-refractivity contribution < 1.29 is 4.79 Å². The zero-order valence-corrected chi connectivity index (χ0v) is 13.5. The van der Waals surface area contributed by atoms with Crippen LogP contribution >= 0.6 is 35.0 Å². The van der Waals surface area contributed by atoms with Crippen molar-refractivity contribution in [3.63, 3.8) is 0 Å². The van der Waals surface area contributed by atoms with Gasteiger partial charge in [0.05, 0.1) is 20.6 Å². The highest BCUT2D eigenvalue weighted by Gasteiger charge is 2.24. The Bertz CT molecular complexity index is 788. The number of amides is 1. The Morgan fingerprint density at radius 1 is 1.05 bits per heavy atom. The summed E-state index contributed by atoms with van der Waals surface area (Å²) in [5, 5.41) is 4.00. The molecule has 2 aromatic carbocycles. The van der Waals surface area contributed by atoms with Crippen LogP contribution in [0, 0.1) is 0 Å². The second kappa shape index (κ2) is 6.57. The standard InChI is InChI=1S/C16H10Cl2N2OS/c17-11-7-4-8-12(14(11)18)19-16-20-15(21)13(22-16)9-10-5-2-1-3-6-10/h1-9H,(H,19,20,21)/b13-9+. The molecule has 1 N–H and O–H groups in total. The maximum absolute atomic E-state index is 12.0. The van der Waals surface area contributed by atoms with E-state index < -0.39 is 0 Å². The van der Waals surface area contributed by atoms with Gasteiger partial charge in [-0.25, -0.2) is 4.99 Å². The number of benzene rings is 2. The van der Waals surface area contributed by atoms with Gasteiger partial charge in [0.25, 0.3) is 5.91 Å². The van der Waals surface area contributed by atoms with Crippen LogP contribution in [0.15, 0.2) is 58.4 Å². The molecule has 2 aromatic rings. The lowest BCUT2D eigenvalue weighted by Crippen LogP contribution is -2.19. The number of hydrogen-bond donors (Lipinski definition) is 1. The van der Waals surface area contributed by atoms with Gasteiger partial charge in [-0.1, -0.05) is 59.6 Å². The highest BCUT2D eigenvalue weighted by atomic mass is 35.5. The molecule has 3 rings (SSSR count). The quantitative estimate of drug-likeness (QED) is 0.785. The molecular formula is C16H10Cl2N2OS. The Kier molecular flexibility index (Phi) is 4.52. The third-order valence-electron chi connectivity index (χ3n) is 2.90. The monoisotopic (exact) mass is 348 g/mol. The van der Waals surface area contributed by atoms with E-state index in [2.05, 4.69) is 10.3 Å². The number of halogens is 2. The second-order valence-corrected chi connectivity index (χ2v) is 6.28. The average Bonchev–Trinajstić information content (AvgIpc) is 2.85. The molecule has 0 unspecified atom stereocenters. The lowest BCUT2D eigenvalue weighted by atomic mass is 10.2. The normalized spacial score (nSPS) is 18.0. The summed E-state index contributed by atoms with van der Waals surface area (Å²) >= 11 is 13.3. The molecule has 0 saturated carbocycles. The molecular weight excluding hydrogens is 339 g/mol. The van der Waals surface area contributed by atoms with Gasteiger partial charge in [0, 0.05) is 0 Å². The summed E-state index contributed by atoms with van der Waals surface area (Å²) in [6.45, 7) is 0. The van der Waals surface area contributed by atoms with Crippen LogP contribution in [0.25, 0.3) is 6.08 Å². The Balaban J connectivity index is 1.87. The number of amidine groups is 1. The van der Waals surface area contributed by atoms with Crippen molar-refractivity contribution >= 4 is 57.8 Å². The van der Waals surface area contributed by atoms with Crippen LogP contribution in [-0.2, 0) is 4.79 Å². The van der Waals surface area contributed by atoms with Gasteiger partial charge in [-0.2, -0.15) is 0 Å². The highest BCUT2D eigenvalue weighted by Crippen LogP contribution is 2.34. The molecule has 0 atom stereocenters. The van der Waals surface area contributed by atoms with Crippen LogP contribution < -0.4 is 5.32 Å². The number of nitrogens with one attached hydrogen (secondary N) is 1. The van der Waals surface area contributed by atoms with Gasteiger partial charge in [0.2, 0.25) is 0 Å². The van der Waals surface area contributed by atoms with E-state index in [9.17, 15) is 4.79 Å². The molecule has 1 saturated heterocycles. The van der Waals surface area contributed by atoms with Crippen molar-refractivity contribution in [2.45, 2.75) is 0 Å². The molecule has 6 heteroatoms. The predicted molar refractivity (Wildman–Crippen MR) is 93.7 cm³/mol. The number of carbonyl (C=O) groups excluding carboxylic acids is 1. The minimum atomic E-state index is -0.175. The first kappa shape index (κ1) is 15.2. The third-order valence-corrected chi connectivity index (χ3v) is 4.62. The molecule has 0 spiro atoms. The number of carbonyl (C=O) groups is 1. The molecule has 0 radical (unpaired) electrons. The lowest BCUT2D eigenvalue weighted by Gasteiger charge is -2.00. The smallest absolute Gasteiger partial charge is 0.264 e. The lowest BCUT2D eigenvalue weighted by molar-refractivity contribution is -0.115. The maximum atomic E-state index is 12.0. The minimum Gasteiger partial charge on any atom is -0.300 e. The van der Waals surface area contributed by atoms with Crippen LogP contribution in [0.4, 0.5) is 5.69 Å². The Hall–Kier alpha value is -1.75. The SMILES string of the molecule is O=C1NC(=Nc2cccc(Cl)c2Cl)S/C1=C/c1ccccc1. The molecule has 3 nitrogen and oxygen atoms in total. The minimum absolute atomic E-state index is 0.175. The fourth-order valence-corrected chi connectivity index (χ4v) is 3.04. The van der Waals surface area contributed by atoms with Crippen LogP contribution in [-0.4, -0.2) is 11.1 Å². The van der Waals surface area contributed by atoms with Crippen molar-refractivity contribution in [1.29, 1.82) is 0 Å². The summed E-state index contributed by atoms with van der Waals surface area (Å²) in [6.07, 6.45) is 1.82. The number of hydrogen-bond acceptors (Lipinski definition) is 3. The van der Waals surface area contributed by atoms with E-state index in [-0.39, 0.29) is 5.91 Å². The number of rotatable bonds is 2. The summed E-state index contributed by atoms with van der Waals surface area (Å²) in [4.78, 5) is 16.9. The van der Waals surface area contributed by atoms with Gasteiger partial charge in [0.15, 0.2) is 5.17 Å². The van der Waals surface area contributed by atoms with Gasteiger partial charge < -0.3 is 5.32 Å². The van der Waals surface area contributed by atoms with Crippen molar-refractivity contribution in [2.24, 2.45) is 4.99 Å². The molecule has 22 heavy (non-hydrogen) atoms. The van der Waals surface area contributed by atoms with Crippen molar-refractivity contribution in [1.82, 2.24) is 5.32 Å². The number of aliphatic imine (C=N–C) groups is 1. The predicted octanol–water partition coefficient (Wildman–Crippen LogP) is 4.89. The van der Waals surface area contributed by atoms with Crippen molar-refractivity contribution in [3.05, 3.63) is 69.0 Å². The molecule has 110 valence electrons. The number of nitrogens with zero attached hydrogens (tertiary/aromatic N) is 1. The fraction of sp³-hybridized carbons (Fsp3) is 0. The van der Waals surface area contributed by atoms with E-state index in [0.717, 1.165) is 5.56 Å². The summed E-state index contributed by atoms with van der Waals surface area (Å²) in [6, 6.07) is 14.8. The van der Waals surface area contributed by atoms with Gasteiger partial charge in [-0.15, -0.1) is 0 Å². The van der Waals surface area contributed by atoms with Crippen LogP contribution in [0.1, 0.15) is 5.56 Å². The van der Waals surface area contributed by atoms with Crippen LogP contribution in [0.2, 0.25) is 10.0 Å².